The number of sulfone groups is 1. The molecule has 0 bridgehead atoms. The van der Waals surface area contributed by atoms with Gasteiger partial charge in [0, 0.05) is 0 Å². The molecule has 0 amide bonds. The van der Waals surface area contributed by atoms with E-state index >= 15 is 0 Å². The van der Waals surface area contributed by atoms with Crippen molar-refractivity contribution in [2.24, 2.45) is 0 Å². The summed E-state index contributed by atoms with van der Waals surface area (Å²) in [6.07, 6.45) is -0.0390. The zero-order valence-electron chi connectivity index (χ0n) is 9.22. The average molecular weight is 326 g/mol. The molecule has 0 aliphatic carbocycles. The predicted molar refractivity (Wildman–Crippen MR) is 62.1 cm³/mol. The first kappa shape index (κ1) is 17.9. The smallest absolute Gasteiger partial charge is 0.284 e. The minimum absolute atomic E-state index is 0.0494. The highest BCUT2D eigenvalue weighted by molar-refractivity contribution is 7.91. The normalized spacial score (nSPS) is 14.6. The van der Waals surface area contributed by atoms with Crippen molar-refractivity contribution in [2.45, 2.75) is 12.8 Å². The van der Waals surface area contributed by atoms with Gasteiger partial charge in [0.15, 0.2) is 0 Å². The van der Waals surface area contributed by atoms with E-state index in [9.17, 15) is 21.0 Å². The highest BCUT2D eigenvalue weighted by atomic mass is 32.3. The van der Waals surface area contributed by atoms with E-state index in [4.69, 9.17) is 9.11 Å². The molecule has 0 aromatic heterocycles. The Hall–Kier alpha value is -0.110. The molecule has 18 heavy (non-hydrogen) atoms. The molecular formula is C6H14O9S3. The lowest BCUT2D eigenvalue weighted by Crippen LogP contribution is -2.15. The van der Waals surface area contributed by atoms with Crippen LogP contribution < -0.4 is 0 Å². The summed E-state index contributed by atoms with van der Waals surface area (Å²) in [5.74, 6) is -0.569. The lowest BCUT2D eigenvalue weighted by molar-refractivity contribution is 0.269. The Bertz CT molecular complexity index is 451. The lowest BCUT2D eigenvalue weighted by Gasteiger charge is -2.03. The van der Waals surface area contributed by atoms with Gasteiger partial charge in [-0.05, 0) is 12.8 Å². The lowest BCUT2D eigenvalue weighted by atomic mass is 10.5. The molecule has 0 fully saturated rings. The van der Waals surface area contributed by atoms with Crippen LogP contribution >= 0.6 is 0 Å². The first-order valence-corrected chi connectivity index (χ1v) is 8.90. The van der Waals surface area contributed by atoms with Crippen LogP contribution in [0, 0.1) is 0 Å². The Balaban J connectivity index is 3.78. The average Bonchev–Trinajstić information content (AvgIpc) is 2.18. The number of rotatable bonds is 10. The van der Waals surface area contributed by atoms with E-state index in [0.29, 0.717) is 0 Å². The molecule has 0 radical (unpaired) electrons. The number of hydrogen-bond donors (Lipinski definition) is 2. The predicted octanol–water partition coefficient (Wildman–Crippen LogP) is -0.846. The van der Waals surface area contributed by atoms with E-state index in [1.807, 2.05) is 0 Å². The summed E-state index contributed by atoms with van der Waals surface area (Å²) in [6, 6.07) is 0. The minimum Gasteiger partial charge on any atom is -0.284 e. The second-order valence-corrected chi connectivity index (χ2v) is 7.21. The van der Waals surface area contributed by atoms with Crippen molar-refractivity contribution in [3.05, 3.63) is 0 Å². The van der Waals surface area contributed by atoms with Crippen molar-refractivity contribution in [3.63, 3.8) is 0 Å². The van der Waals surface area contributed by atoms with Crippen molar-refractivity contribution in [2.75, 3.05) is 24.7 Å². The molecule has 1 atom stereocenters. The molecule has 0 aliphatic rings. The van der Waals surface area contributed by atoms with Gasteiger partial charge in [0.2, 0.25) is 0 Å². The van der Waals surface area contributed by atoms with Gasteiger partial charge in [0.1, 0.15) is 9.84 Å². The van der Waals surface area contributed by atoms with Crippen LogP contribution in [0.1, 0.15) is 12.8 Å². The van der Waals surface area contributed by atoms with Gasteiger partial charge >= 0.3 is 21.8 Å². The van der Waals surface area contributed by atoms with Gasteiger partial charge in [-0.1, -0.05) is 0 Å². The number of hydrogen-bond acceptors (Lipinski definition) is 7. The Labute approximate surface area is 108 Å². The van der Waals surface area contributed by atoms with Gasteiger partial charge in [-0.25, -0.2) is 12.6 Å². The summed E-state index contributed by atoms with van der Waals surface area (Å²) in [4.78, 5) is 0. The molecule has 0 spiro atoms. The van der Waals surface area contributed by atoms with Crippen molar-refractivity contribution in [1.29, 1.82) is 0 Å². The van der Waals surface area contributed by atoms with Gasteiger partial charge in [-0.3, -0.25) is 13.3 Å². The van der Waals surface area contributed by atoms with Gasteiger partial charge in [-0.15, -0.1) is 0 Å². The monoisotopic (exact) mass is 326 g/mol. The van der Waals surface area contributed by atoms with Crippen LogP contribution in [0.15, 0.2) is 0 Å². The highest BCUT2D eigenvalue weighted by Gasteiger charge is 2.12. The van der Waals surface area contributed by atoms with Gasteiger partial charge in [-0.2, -0.15) is 12.6 Å². The fourth-order valence-corrected chi connectivity index (χ4v) is 2.86. The maximum absolute atomic E-state index is 11.3. The fourth-order valence-electron chi connectivity index (χ4n) is 0.954. The molecule has 0 heterocycles. The molecule has 1 unspecified atom stereocenters. The summed E-state index contributed by atoms with van der Waals surface area (Å²) in [5, 5.41) is 0. The van der Waals surface area contributed by atoms with Gasteiger partial charge < -0.3 is 0 Å². The van der Waals surface area contributed by atoms with E-state index in [2.05, 4.69) is 8.37 Å². The second kappa shape index (κ2) is 8.14. The zero-order valence-corrected chi connectivity index (χ0v) is 11.7. The molecule has 0 rings (SSSR count). The molecule has 0 aromatic carbocycles. The van der Waals surface area contributed by atoms with E-state index in [1.54, 1.807) is 0 Å². The van der Waals surface area contributed by atoms with Crippen LogP contribution in [-0.4, -0.2) is 54.9 Å². The van der Waals surface area contributed by atoms with Crippen LogP contribution in [-0.2, 0) is 40.0 Å². The molecule has 110 valence electrons. The second-order valence-electron chi connectivity index (χ2n) is 3.15. The fraction of sp³-hybridized carbons (Fsp3) is 1.00. The first-order chi connectivity index (χ1) is 8.12. The highest BCUT2D eigenvalue weighted by Crippen LogP contribution is 1.99. The molecule has 0 saturated carbocycles. The standard InChI is InChI=1S/C6H14O9S3/c7-16(8)14-3-1-5-17(9,10)6-2-4-15-18(11,12)13/h1-6H2,(H,7,8)(H,11,12,13). The molecule has 12 heteroatoms. The third-order valence-electron chi connectivity index (χ3n) is 1.62. The molecule has 0 aromatic rings. The minimum atomic E-state index is -4.55. The Morgan fingerprint density at radius 3 is 1.94 bits per heavy atom. The maximum Gasteiger partial charge on any atom is 0.397 e. The van der Waals surface area contributed by atoms with Crippen LogP contribution in [0.5, 0.6) is 0 Å². The molecule has 9 nitrogen and oxygen atoms in total. The largest absolute Gasteiger partial charge is 0.397 e. The molecule has 0 aliphatic heterocycles. The van der Waals surface area contributed by atoms with Crippen LogP contribution in [0.2, 0.25) is 0 Å². The molecular weight excluding hydrogens is 312 g/mol. The van der Waals surface area contributed by atoms with Crippen LogP contribution in [0.4, 0.5) is 0 Å². The summed E-state index contributed by atoms with van der Waals surface area (Å²) in [6.45, 7) is -0.612. The third kappa shape index (κ3) is 12.3. The van der Waals surface area contributed by atoms with Crippen LogP contribution in [0.3, 0.4) is 0 Å². The summed E-state index contributed by atoms with van der Waals surface area (Å²) in [5.41, 5.74) is 0. The summed E-state index contributed by atoms with van der Waals surface area (Å²) in [7, 11) is -7.96. The van der Waals surface area contributed by atoms with E-state index < -0.39 is 38.2 Å². The van der Waals surface area contributed by atoms with E-state index in [0.717, 1.165) is 0 Å². The van der Waals surface area contributed by atoms with Gasteiger partial charge in [0.05, 0.1) is 24.7 Å². The van der Waals surface area contributed by atoms with Crippen LogP contribution in [0.25, 0.3) is 0 Å². The van der Waals surface area contributed by atoms with E-state index in [1.165, 1.54) is 0 Å². The first-order valence-electron chi connectivity index (χ1n) is 4.69. The van der Waals surface area contributed by atoms with Crippen molar-refractivity contribution >= 4 is 31.6 Å². The van der Waals surface area contributed by atoms with Crippen molar-refractivity contribution in [1.82, 2.24) is 0 Å². The topological polar surface area (TPSA) is 144 Å². The quantitative estimate of drug-likeness (QED) is 0.298. The Kier molecular flexibility index (Phi) is 8.09. The van der Waals surface area contributed by atoms with E-state index in [-0.39, 0.29) is 31.0 Å². The Morgan fingerprint density at radius 2 is 1.50 bits per heavy atom. The zero-order chi connectivity index (χ0) is 14.2. The third-order valence-corrected chi connectivity index (χ3v) is 4.27. The summed E-state index contributed by atoms with van der Waals surface area (Å²) < 4.78 is 77.7. The maximum atomic E-state index is 11.3. The van der Waals surface area contributed by atoms with Crippen molar-refractivity contribution < 1.29 is 38.5 Å². The Morgan fingerprint density at radius 1 is 1.00 bits per heavy atom. The SMILES string of the molecule is O=S(O)OCCCS(=O)(=O)CCCOS(=O)(=O)O. The summed E-state index contributed by atoms with van der Waals surface area (Å²) >= 11 is -2.42. The molecule has 0 saturated heterocycles. The molecule has 2 N–H and O–H groups in total. The van der Waals surface area contributed by atoms with Gasteiger partial charge in [0.25, 0.3) is 0 Å². The van der Waals surface area contributed by atoms with Crippen molar-refractivity contribution in [3.8, 4) is 0 Å².